The lowest BCUT2D eigenvalue weighted by molar-refractivity contribution is 0.302. The van der Waals surface area contributed by atoms with Gasteiger partial charge in [0.25, 0.3) is 0 Å². The van der Waals surface area contributed by atoms with E-state index >= 15 is 0 Å². The van der Waals surface area contributed by atoms with Crippen molar-refractivity contribution in [1.82, 2.24) is 10.3 Å². The number of rotatable bonds is 6. The quantitative estimate of drug-likeness (QED) is 0.779. The van der Waals surface area contributed by atoms with Crippen molar-refractivity contribution in [1.29, 1.82) is 0 Å². The SMILES string of the molecule is CCC.CCNCCOc1ccc(OC)cn1.[HH]. The van der Waals surface area contributed by atoms with Gasteiger partial charge in [0.05, 0.1) is 13.3 Å². The summed E-state index contributed by atoms with van der Waals surface area (Å²) in [5.74, 6) is 1.37. The van der Waals surface area contributed by atoms with Crippen molar-refractivity contribution in [2.45, 2.75) is 27.2 Å². The summed E-state index contributed by atoms with van der Waals surface area (Å²) in [4.78, 5) is 4.07. The van der Waals surface area contributed by atoms with Gasteiger partial charge in [0.1, 0.15) is 12.4 Å². The monoisotopic (exact) mass is 242 g/mol. The van der Waals surface area contributed by atoms with Crippen molar-refractivity contribution < 1.29 is 10.9 Å². The van der Waals surface area contributed by atoms with Crippen LogP contribution >= 0.6 is 0 Å². The van der Waals surface area contributed by atoms with E-state index in [0.29, 0.717) is 12.5 Å². The Bertz CT molecular complexity index is 268. The summed E-state index contributed by atoms with van der Waals surface area (Å²) in [6, 6.07) is 3.63. The zero-order valence-electron chi connectivity index (χ0n) is 11.3. The number of ether oxygens (including phenoxy) is 2. The fraction of sp³-hybridized carbons (Fsp3) is 0.615. The second kappa shape index (κ2) is 11.2. The van der Waals surface area contributed by atoms with Gasteiger partial charge in [-0.1, -0.05) is 27.2 Å². The molecular weight excluding hydrogens is 216 g/mol. The summed E-state index contributed by atoms with van der Waals surface area (Å²) >= 11 is 0. The van der Waals surface area contributed by atoms with Crippen LogP contribution in [0.15, 0.2) is 18.3 Å². The number of nitrogens with one attached hydrogen (secondary N) is 1. The van der Waals surface area contributed by atoms with Crippen LogP contribution in [-0.2, 0) is 0 Å². The summed E-state index contributed by atoms with van der Waals surface area (Å²) in [7, 11) is 1.61. The zero-order chi connectivity index (χ0) is 12.9. The van der Waals surface area contributed by atoms with Gasteiger partial charge in [-0.3, -0.25) is 0 Å². The molecule has 0 unspecified atom stereocenters. The van der Waals surface area contributed by atoms with Gasteiger partial charge in [0.2, 0.25) is 5.88 Å². The van der Waals surface area contributed by atoms with Gasteiger partial charge in [-0.05, 0) is 12.6 Å². The molecule has 0 radical (unpaired) electrons. The van der Waals surface area contributed by atoms with Crippen molar-refractivity contribution >= 4 is 0 Å². The maximum absolute atomic E-state index is 5.38. The molecule has 0 atom stereocenters. The first kappa shape index (κ1) is 15.7. The van der Waals surface area contributed by atoms with E-state index in [1.807, 2.05) is 6.07 Å². The molecule has 1 aromatic heterocycles. The van der Waals surface area contributed by atoms with E-state index in [1.165, 1.54) is 6.42 Å². The average molecular weight is 242 g/mol. The molecule has 1 N–H and O–H groups in total. The molecule has 0 aromatic carbocycles. The summed E-state index contributed by atoms with van der Waals surface area (Å²) < 4.78 is 10.4. The van der Waals surface area contributed by atoms with E-state index in [9.17, 15) is 0 Å². The summed E-state index contributed by atoms with van der Waals surface area (Å²) in [5, 5.41) is 3.16. The maximum atomic E-state index is 5.38. The lowest BCUT2D eigenvalue weighted by Crippen LogP contribution is -2.20. The van der Waals surface area contributed by atoms with Crippen LogP contribution in [0, 0.1) is 0 Å². The van der Waals surface area contributed by atoms with Crippen molar-refractivity contribution in [2.24, 2.45) is 0 Å². The average Bonchev–Trinajstić information content (AvgIpc) is 2.36. The Morgan fingerprint density at radius 2 is 2.00 bits per heavy atom. The molecule has 4 nitrogen and oxygen atoms in total. The van der Waals surface area contributed by atoms with E-state index in [1.54, 1.807) is 19.4 Å². The maximum Gasteiger partial charge on any atom is 0.213 e. The fourth-order valence-electron chi connectivity index (χ4n) is 0.977. The first-order valence-electron chi connectivity index (χ1n) is 6.11. The topological polar surface area (TPSA) is 43.4 Å². The van der Waals surface area contributed by atoms with Gasteiger partial charge >= 0.3 is 0 Å². The highest BCUT2D eigenvalue weighted by Gasteiger charge is 1.95. The highest BCUT2D eigenvalue weighted by atomic mass is 16.5. The van der Waals surface area contributed by atoms with E-state index < -0.39 is 0 Å². The second-order valence-corrected chi connectivity index (χ2v) is 3.45. The first-order chi connectivity index (χ1) is 8.28. The third-order valence-corrected chi connectivity index (χ3v) is 1.72. The Hall–Kier alpha value is -1.29. The van der Waals surface area contributed by atoms with Gasteiger partial charge in [-0.15, -0.1) is 0 Å². The molecule has 0 aliphatic heterocycles. The van der Waals surface area contributed by atoms with Crippen LogP contribution in [0.5, 0.6) is 11.6 Å². The van der Waals surface area contributed by atoms with Crippen molar-refractivity contribution in [2.75, 3.05) is 26.8 Å². The van der Waals surface area contributed by atoms with Crippen LogP contribution in [0.4, 0.5) is 0 Å². The van der Waals surface area contributed by atoms with E-state index in [4.69, 9.17) is 9.47 Å². The van der Waals surface area contributed by atoms with Crippen LogP contribution in [0.2, 0.25) is 0 Å². The molecule has 0 fully saturated rings. The largest absolute Gasteiger partial charge is 0.495 e. The lowest BCUT2D eigenvalue weighted by Gasteiger charge is -2.05. The van der Waals surface area contributed by atoms with Gasteiger partial charge in [0.15, 0.2) is 0 Å². The predicted molar refractivity (Wildman–Crippen MR) is 72.9 cm³/mol. The Labute approximate surface area is 106 Å². The molecule has 1 aromatic rings. The number of likely N-dealkylation sites (N-methyl/N-ethyl adjacent to an activating group) is 1. The molecule has 0 bridgehead atoms. The van der Waals surface area contributed by atoms with Crippen molar-refractivity contribution in [3.63, 3.8) is 0 Å². The second-order valence-electron chi connectivity index (χ2n) is 3.45. The standard InChI is InChI=1S/C10H16N2O2.C3H8.H2/c1-3-11-6-7-14-10-5-4-9(13-2)8-12-10;1-3-2;/h4-5,8,11H,3,6-7H2,1-2H3;3H2,1-2H3;1H. The number of pyridine rings is 1. The highest BCUT2D eigenvalue weighted by Crippen LogP contribution is 2.12. The highest BCUT2D eigenvalue weighted by molar-refractivity contribution is 5.22. The van der Waals surface area contributed by atoms with Crippen LogP contribution in [0.1, 0.15) is 28.6 Å². The van der Waals surface area contributed by atoms with Crippen LogP contribution in [0.25, 0.3) is 0 Å². The van der Waals surface area contributed by atoms with Crippen LogP contribution in [0.3, 0.4) is 0 Å². The summed E-state index contributed by atoms with van der Waals surface area (Å²) in [6.45, 7) is 8.74. The van der Waals surface area contributed by atoms with E-state index in [-0.39, 0.29) is 1.43 Å². The summed E-state index contributed by atoms with van der Waals surface area (Å²) in [5.41, 5.74) is 0. The Kier molecular flexibility index (Phi) is 10.4. The molecule has 1 rings (SSSR count). The first-order valence-corrected chi connectivity index (χ1v) is 6.11. The molecule has 17 heavy (non-hydrogen) atoms. The number of nitrogens with zero attached hydrogens (tertiary/aromatic N) is 1. The third-order valence-electron chi connectivity index (χ3n) is 1.72. The Morgan fingerprint density at radius 3 is 2.47 bits per heavy atom. The number of hydrogen-bond donors (Lipinski definition) is 1. The minimum atomic E-state index is 0. The molecule has 0 saturated carbocycles. The number of aromatic nitrogens is 1. The van der Waals surface area contributed by atoms with Crippen LogP contribution in [-0.4, -0.2) is 31.8 Å². The number of hydrogen-bond acceptors (Lipinski definition) is 4. The Morgan fingerprint density at radius 1 is 1.29 bits per heavy atom. The molecule has 0 aliphatic rings. The van der Waals surface area contributed by atoms with Crippen molar-refractivity contribution in [3.8, 4) is 11.6 Å². The minimum absolute atomic E-state index is 0. The van der Waals surface area contributed by atoms with Gasteiger partial charge in [-0.25, -0.2) is 4.98 Å². The van der Waals surface area contributed by atoms with Crippen LogP contribution < -0.4 is 14.8 Å². The molecule has 0 amide bonds. The van der Waals surface area contributed by atoms with E-state index in [0.717, 1.165) is 18.8 Å². The minimum Gasteiger partial charge on any atom is -0.495 e. The molecular formula is C13H26N2O2. The molecule has 0 saturated heterocycles. The van der Waals surface area contributed by atoms with Gasteiger partial charge in [-0.2, -0.15) is 0 Å². The zero-order valence-corrected chi connectivity index (χ0v) is 11.3. The normalized spacial score (nSPS) is 9.18. The van der Waals surface area contributed by atoms with Crippen molar-refractivity contribution in [3.05, 3.63) is 18.3 Å². The fourth-order valence-corrected chi connectivity index (χ4v) is 0.977. The lowest BCUT2D eigenvalue weighted by atomic mass is 10.4. The molecule has 0 spiro atoms. The molecule has 1 heterocycles. The van der Waals surface area contributed by atoms with Gasteiger partial charge < -0.3 is 14.8 Å². The summed E-state index contributed by atoms with van der Waals surface area (Å²) in [6.07, 6.45) is 2.89. The molecule has 4 heteroatoms. The Balaban J connectivity index is 0. The molecule has 0 aliphatic carbocycles. The van der Waals surface area contributed by atoms with Gasteiger partial charge in [0, 0.05) is 14.0 Å². The number of methoxy groups -OCH3 is 1. The van der Waals surface area contributed by atoms with E-state index in [2.05, 4.69) is 31.1 Å². The predicted octanol–water partition coefficient (Wildman–Crippen LogP) is 2.74. The molecule has 100 valence electrons. The third kappa shape index (κ3) is 8.51. The smallest absolute Gasteiger partial charge is 0.213 e.